The minimum atomic E-state index is -0.295. The molecule has 0 bridgehead atoms. The van der Waals surface area contributed by atoms with Crippen molar-refractivity contribution in [1.29, 1.82) is 0 Å². The highest BCUT2D eigenvalue weighted by Gasteiger charge is 2.23. The fraction of sp³-hybridized carbons (Fsp3) is 0.500. The fourth-order valence-corrected chi connectivity index (χ4v) is 1.64. The van der Waals surface area contributed by atoms with E-state index in [-0.39, 0.29) is 17.9 Å². The summed E-state index contributed by atoms with van der Waals surface area (Å²) in [6.07, 6.45) is 0. The number of rotatable bonds is 5. The van der Waals surface area contributed by atoms with E-state index in [2.05, 4.69) is 5.32 Å². The highest BCUT2D eigenvalue weighted by Crippen LogP contribution is 2.15. The predicted molar refractivity (Wildman–Crippen MR) is 70.1 cm³/mol. The smallest absolute Gasteiger partial charge is 0.328 e. The average Bonchev–Trinajstić information content (AvgIpc) is 2.26. The summed E-state index contributed by atoms with van der Waals surface area (Å²) in [6, 6.07) is 7.69. The standard InChI is InChI=1S/C14H21NO2/c1-5-17-14(16)13(10(2)3)15-12-8-6-7-11(4)9-12/h6-10,13,15H,5H2,1-4H3. The van der Waals surface area contributed by atoms with E-state index < -0.39 is 0 Å². The van der Waals surface area contributed by atoms with Gasteiger partial charge in [0, 0.05) is 5.69 Å². The Labute approximate surface area is 103 Å². The van der Waals surface area contributed by atoms with Gasteiger partial charge in [-0.05, 0) is 37.5 Å². The lowest BCUT2D eigenvalue weighted by Gasteiger charge is -2.21. The third-order valence-corrected chi connectivity index (χ3v) is 2.55. The molecule has 0 aromatic heterocycles. The molecule has 0 aliphatic carbocycles. The van der Waals surface area contributed by atoms with Crippen LogP contribution in [-0.4, -0.2) is 18.6 Å². The Morgan fingerprint density at radius 1 is 1.41 bits per heavy atom. The molecule has 3 nitrogen and oxygen atoms in total. The number of benzene rings is 1. The third-order valence-electron chi connectivity index (χ3n) is 2.55. The molecule has 0 amide bonds. The summed E-state index contributed by atoms with van der Waals surface area (Å²) >= 11 is 0. The lowest BCUT2D eigenvalue weighted by Crippen LogP contribution is -2.36. The molecule has 0 heterocycles. The maximum Gasteiger partial charge on any atom is 0.328 e. The van der Waals surface area contributed by atoms with Gasteiger partial charge in [-0.3, -0.25) is 0 Å². The van der Waals surface area contributed by atoms with Crippen LogP contribution >= 0.6 is 0 Å². The molecule has 1 N–H and O–H groups in total. The van der Waals surface area contributed by atoms with E-state index in [0.717, 1.165) is 5.69 Å². The van der Waals surface area contributed by atoms with Crippen molar-refractivity contribution in [3.8, 4) is 0 Å². The van der Waals surface area contributed by atoms with Gasteiger partial charge in [0.15, 0.2) is 0 Å². The van der Waals surface area contributed by atoms with Gasteiger partial charge in [-0.25, -0.2) is 4.79 Å². The summed E-state index contributed by atoms with van der Waals surface area (Å²) in [6.45, 7) is 8.27. The van der Waals surface area contributed by atoms with Crippen LogP contribution in [0.3, 0.4) is 0 Å². The first kappa shape index (κ1) is 13.6. The Balaban J connectivity index is 2.76. The topological polar surface area (TPSA) is 38.3 Å². The molecule has 0 radical (unpaired) electrons. The van der Waals surface area contributed by atoms with Crippen LogP contribution in [0.2, 0.25) is 0 Å². The molecule has 0 aliphatic rings. The molecule has 3 heteroatoms. The van der Waals surface area contributed by atoms with Gasteiger partial charge in [-0.2, -0.15) is 0 Å². The normalized spacial score (nSPS) is 12.3. The number of ether oxygens (including phenoxy) is 1. The highest BCUT2D eigenvalue weighted by atomic mass is 16.5. The van der Waals surface area contributed by atoms with Crippen LogP contribution in [0, 0.1) is 12.8 Å². The molecule has 94 valence electrons. The molecule has 1 unspecified atom stereocenters. The average molecular weight is 235 g/mol. The largest absolute Gasteiger partial charge is 0.464 e. The van der Waals surface area contributed by atoms with Crippen LogP contribution in [0.4, 0.5) is 5.69 Å². The Morgan fingerprint density at radius 2 is 2.12 bits per heavy atom. The van der Waals surface area contributed by atoms with E-state index in [4.69, 9.17) is 4.74 Å². The number of esters is 1. The summed E-state index contributed by atoms with van der Waals surface area (Å²) in [5.74, 6) is -0.00133. The van der Waals surface area contributed by atoms with E-state index in [1.165, 1.54) is 5.56 Å². The summed E-state index contributed by atoms with van der Waals surface area (Å²) in [5, 5.41) is 3.23. The fourth-order valence-electron chi connectivity index (χ4n) is 1.64. The highest BCUT2D eigenvalue weighted by molar-refractivity contribution is 5.79. The second kappa shape index (κ2) is 6.28. The maximum atomic E-state index is 11.8. The van der Waals surface area contributed by atoms with Crippen LogP contribution in [0.15, 0.2) is 24.3 Å². The van der Waals surface area contributed by atoms with Gasteiger partial charge in [0.2, 0.25) is 0 Å². The summed E-state index contributed by atoms with van der Waals surface area (Å²) < 4.78 is 5.07. The summed E-state index contributed by atoms with van der Waals surface area (Å²) in [5.41, 5.74) is 2.12. The van der Waals surface area contributed by atoms with E-state index in [9.17, 15) is 4.79 Å². The predicted octanol–water partition coefficient (Wildman–Crippen LogP) is 2.99. The maximum absolute atomic E-state index is 11.8. The molecule has 0 saturated heterocycles. The summed E-state index contributed by atoms with van der Waals surface area (Å²) in [4.78, 5) is 11.8. The SMILES string of the molecule is CCOC(=O)C(Nc1cccc(C)c1)C(C)C. The molecular weight excluding hydrogens is 214 g/mol. The second-order valence-electron chi connectivity index (χ2n) is 4.49. The molecule has 1 atom stereocenters. The first-order chi connectivity index (χ1) is 8.04. The molecule has 1 rings (SSSR count). The van der Waals surface area contributed by atoms with Crippen molar-refractivity contribution in [2.75, 3.05) is 11.9 Å². The van der Waals surface area contributed by atoms with Crippen molar-refractivity contribution in [1.82, 2.24) is 0 Å². The molecule has 0 aliphatic heterocycles. The van der Waals surface area contributed by atoms with E-state index in [1.807, 2.05) is 52.0 Å². The monoisotopic (exact) mass is 235 g/mol. The van der Waals surface area contributed by atoms with Crippen molar-refractivity contribution in [2.45, 2.75) is 33.7 Å². The zero-order valence-electron chi connectivity index (χ0n) is 11.0. The van der Waals surface area contributed by atoms with Crippen molar-refractivity contribution in [2.24, 2.45) is 5.92 Å². The number of nitrogens with one attached hydrogen (secondary N) is 1. The number of carbonyl (C=O) groups excluding carboxylic acids is 1. The number of aryl methyl sites for hydroxylation is 1. The van der Waals surface area contributed by atoms with Crippen molar-refractivity contribution in [3.05, 3.63) is 29.8 Å². The first-order valence-corrected chi connectivity index (χ1v) is 6.04. The quantitative estimate of drug-likeness (QED) is 0.797. The van der Waals surface area contributed by atoms with Gasteiger partial charge in [0.05, 0.1) is 6.61 Å². The van der Waals surface area contributed by atoms with E-state index in [1.54, 1.807) is 0 Å². The van der Waals surface area contributed by atoms with Crippen LogP contribution in [-0.2, 0) is 9.53 Å². The minimum absolute atomic E-state index is 0.189. The van der Waals surface area contributed by atoms with Crippen LogP contribution in [0.5, 0.6) is 0 Å². The number of hydrogen-bond donors (Lipinski definition) is 1. The van der Waals surface area contributed by atoms with Gasteiger partial charge in [-0.1, -0.05) is 26.0 Å². The molecule has 0 spiro atoms. The molecule has 17 heavy (non-hydrogen) atoms. The van der Waals surface area contributed by atoms with Gasteiger partial charge in [-0.15, -0.1) is 0 Å². The van der Waals surface area contributed by atoms with Crippen LogP contribution in [0.1, 0.15) is 26.3 Å². The Morgan fingerprint density at radius 3 is 2.65 bits per heavy atom. The zero-order chi connectivity index (χ0) is 12.8. The van der Waals surface area contributed by atoms with Gasteiger partial charge < -0.3 is 10.1 Å². The Hall–Kier alpha value is -1.51. The first-order valence-electron chi connectivity index (χ1n) is 6.04. The Bertz CT molecular complexity index is 374. The molecule has 0 fully saturated rings. The minimum Gasteiger partial charge on any atom is -0.464 e. The number of carbonyl (C=O) groups is 1. The van der Waals surface area contributed by atoms with Gasteiger partial charge in [0.25, 0.3) is 0 Å². The lowest BCUT2D eigenvalue weighted by molar-refractivity contribution is -0.145. The Kier molecular flexibility index (Phi) is 5.01. The number of anilines is 1. The van der Waals surface area contributed by atoms with E-state index >= 15 is 0 Å². The zero-order valence-corrected chi connectivity index (χ0v) is 11.0. The third kappa shape index (κ3) is 4.10. The second-order valence-corrected chi connectivity index (χ2v) is 4.49. The van der Waals surface area contributed by atoms with Gasteiger partial charge in [0.1, 0.15) is 6.04 Å². The van der Waals surface area contributed by atoms with Crippen molar-refractivity contribution >= 4 is 11.7 Å². The van der Waals surface area contributed by atoms with Crippen molar-refractivity contribution < 1.29 is 9.53 Å². The van der Waals surface area contributed by atoms with Crippen molar-refractivity contribution in [3.63, 3.8) is 0 Å². The lowest BCUT2D eigenvalue weighted by atomic mass is 10.0. The van der Waals surface area contributed by atoms with Crippen LogP contribution in [0.25, 0.3) is 0 Å². The summed E-state index contributed by atoms with van der Waals surface area (Å²) in [7, 11) is 0. The number of hydrogen-bond acceptors (Lipinski definition) is 3. The van der Waals surface area contributed by atoms with Gasteiger partial charge >= 0.3 is 5.97 Å². The molecule has 1 aromatic carbocycles. The molecular formula is C14H21NO2. The molecule has 0 saturated carbocycles. The van der Waals surface area contributed by atoms with E-state index in [0.29, 0.717) is 6.61 Å². The molecule has 1 aromatic rings. The van der Waals surface area contributed by atoms with Crippen LogP contribution < -0.4 is 5.32 Å².